The van der Waals surface area contributed by atoms with Crippen LogP contribution in [0.2, 0.25) is 0 Å². The zero-order valence-electron chi connectivity index (χ0n) is 17.2. The van der Waals surface area contributed by atoms with Crippen LogP contribution < -0.4 is 11.2 Å². The van der Waals surface area contributed by atoms with Crippen LogP contribution in [0.1, 0.15) is 60.5 Å². The molecule has 3 N–H and O–H groups in total. The highest BCUT2D eigenvalue weighted by Crippen LogP contribution is 2.43. The summed E-state index contributed by atoms with van der Waals surface area (Å²) in [5, 5.41) is 11.1. The summed E-state index contributed by atoms with van der Waals surface area (Å²) in [5.41, 5.74) is 6.33. The van der Waals surface area contributed by atoms with E-state index in [1.165, 1.54) is 22.9 Å². The number of phenols is 1. The number of carbonyl (C=O) groups excluding carboxylic acids is 1. The Kier molecular flexibility index (Phi) is 4.88. The lowest BCUT2D eigenvalue weighted by Gasteiger charge is -2.34. The Bertz CT molecular complexity index is 1220. The molecule has 0 radical (unpaired) electrons. The van der Waals surface area contributed by atoms with E-state index in [1.54, 1.807) is 18.2 Å². The molecule has 0 saturated heterocycles. The van der Waals surface area contributed by atoms with E-state index in [0.717, 1.165) is 37.7 Å². The van der Waals surface area contributed by atoms with Crippen LogP contribution in [-0.2, 0) is 5.41 Å². The fourth-order valence-corrected chi connectivity index (χ4v) is 4.64. The standard InChI is InChI=1S/C24H25FN2O3/c1-14-6-7-19-15(10-14)22(29)16(23(26)30)13-27(19)20-12-21(28)17(11-18(20)25)24(2)8-4-3-5-9-24/h6-7,10-13,28H,3-5,8-9H2,1-2H3,(H2,26,30). The molecule has 0 bridgehead atoms. The van der Waals surface area contributed by atoms with Gasteiger partial charge in [-0.1, -0.05) is 37.8 Å². The van der Waals surface area contributed by atoms with Crippen molar-refractivity contribution in [3.05, 3.63) is 69.3 Å². The summed E-state index contributed by atoms with van der Waals surface area (Å²) in [4.78, 5) is 24.6. The smallest absolute Gasteiger partial charge is 0.254 e. The number of hydrogen-bond donors (Lipinski definition) is 2. The molecule has 0 spiro atoms. The Morgan fingerprint density at radius 1 is 1.17 bits per heavy atom. The molecule has 0 unspecified atom stereocenters. The zero-order chi connectivity index (χ0) is 21.6. The van der Waals surface area contributed by atoms with Crippen molar-refractivity contribution in [3.8, 4) is 11.4 Å². The number of aryl methyl sites for hydroxylation is 1. The molecule has 2 aromatic carbocycles. The molecule has 156 valence electrons. The van der Waals surface area contributed by atoms with Crippen LogP contribution >= 0.6 is 0 Å². The van der Waals surface area contributed by atoms with Gasteiger partial charge in [0.05, 0.1) is 11.2 Å². The highest BCUT2D eigenvalue weighted by Gasteiger charge is 2.32. The summed E-state index contributed by atoms with van der Waals surface area (Å²) in [6, 6.07) is 7.91. The quantitative estimate of drug-likeness (QED) is 0.671. The molecule has 30 heavy (non-hydrogen) atoms. The lowest BCUT2D eigenvalue weighted by atomic mass is 9.70. The third-order valence-corrected chi connectivity index (χ3v) is 6.36. The highest BCUT2D eigenvalue weighted by atomic mass is 19.1. The topological polar surface area (TPSA) is 85.3 Å². The molecule has 0 atom stereocenters. The third kappa shape index (κ3) is 3.26. The Hall–Kier alpha value is -3.15. The number of pyridine rings is 1. The maximum absolute atomic E-state index is 15.4. The van der Waals surface area contributed by atoms with Gasteiger partial charge in [-0.25, -0.2) is 4.39 Å². The summed E-state index contributed by atoms with van der Waals surface area (Å²) in [5.74, 6) is -1.40. The van der Waals surface area contributed by atoms with Crippen molar-refractivity contribution in [1.29, 1.82) is 0 Å². The van der Waals surface area contributed by atoms with Gasteiger partial charge in [-0.05, 0) is 43.4 Å². The minimum absolute atomic E-state index is 0.00962. The predicted octanol–water partition coefficient (Wildman–Crippen LogP) is 4.46. The van der Waals surface area contributed by atoms with Gasteiger partial charge >= 0.3 is 0 Å². The van der Waals surface area contributed by atoms with Crippen molar-refractivity contribution in [2.45, 2.75) is 51.4 Å². The number of fused-ring (bicyclic) bond motifs is 1. The summed E-state index contributed by atoms with van der Waals surface area (Å²) in [6.45, 7) is 3.88. The molecule has 1 aliphatic carbocycles. The molecular weight excluding hydrogens is 383 g/mol. The van der Waals surface area contributed by atoms with Gasteiger partial charge in [0.15, 0.2) is 0 Å². The van der Waals surface area contributed by atoms with E-state index >= 15 is 4.39 Å². The van der Waals surface area contributed by atoms with Gasteiger partial charge in [0, 0.05) is 23.2 Å². The van der Waals surface area contributed by atoms with Gasteiger partial charge in [0.25, 0.3) is 5.91 Å². The predicted molar refractivity (Wildman–Crippen MR) is 115 cm³/mol. The fraction of sp³-hybridized carbons (Fsp3) is 0.333. The van der Waals surface area contributed by atoms with Crippen LogP contribution in [0.5, 0.6) is 5.75 Å². The van der Waals surface area contributed by atoms with Crippen molar-refractivity contribution in [1.82, 2.24) is 4.57 Å². The third-order valence-electron chi connectivity index (χ3n) is 6.36. The molecule has 3 aromatic rings. The van der Waals surface area contributed by atoms with Crippen molar-refractivity contribution in [3.63, 3.8) is 0 Å². The highest BCUT2D eigenvalue weighted by molar-refractivity contribution is 5.96. The lowest BCUT2D eigenvalue weighted by molar-refractivity contribution is 0.0999. The first-order chi connectivity index (χ1) is 14.2. The number of benzene rings is 2. The normalized spacial score (nSPS) is 16.0. The Morgan fingerprint density at radius 2 is 1.87 bits per heavy atom. The van der Waals surface area contributed by atoms with E-state index in [2.05, 4.69) is 6.92 Å². The van der Waals surface area contributed by atoms with Crippen molar-refractivity contribution < 1.29 is 14.3 Å². The molecule has 6 heteroatoms. The Balaban J connectivity index is 1.97. The van der Waals surface area contributed by atoms with Crippen LogP contribution in [-0.4, -0.2) is 15.6 Å². The average molecular weight is 408 g/mol. The molecule has 1 amide bonds. The molecule has 0 aliphatic heterocycles. The van der Waals surface area contributed by atoms with E-state index in [9.17, 15) is 14.7 Å². The van der Waals surface area contributed by atoms with Crippen LogP contribution in [0.25, 0.3) is 16.6 Å². The second-order valence-corrected chi connectivity index (χ2v) is 8.57. The van der Waals surface area contributed by atoms with Gasteiger partial charge in [-0.15, -0.1) is 0 Å². The molecular formula is C24H25FN2O3. The number of nitrogens with two attached hydrogens (primary N) is 1. The number of hydrogen-bond acceptors (Lipinski definition) is 3. The van der Waals surface area contributed by atoms with Gasteiger partial charge in [0.2, 0.25) is 5.43 Å². The second-order valence-electron chi connectivity index (χ2n) is 8.57. The maximum Gasteiger partial charge on any atom is 0.254 e. The lowest BCUT2D eigenvalue weighted by Crippen LogP contribution is -2.26. The monoisotopic (exact) mass is 408 g/mol. The van der Waals surface area contributed by atoms with Crippen LogP contribution in [0.15, 0.2) is 41.3 Å². The molecule has 1 aromatic heterocycles. The first-order valence-corrected chi connectivity index (χ1v) is 10.2. The number of halogens is 1. The van der Waals surface area contributed by atoms with E-state index in [1.807, 2.05) is 6.92 Å². The van der Waals surface area contributed by atoms with E-state index in [4.69, 9.17) is 5.73 Å². The molecule has 4 rings (SSSR count). The molecule has 1 fully saturated rings. The minimum Gasteiger partial charge on any atom is -0.508 e. The first kappa shape index (κ1) is 20.1. The first-order valence-electron chi connectivity index (χ1n) is 10.2. The summed E-state index contributed by atoms with van der Waals surface area (Å²) in [6.07, 6.45) is 6.28. The minimum atomic E-state index is -0.881. The van der Waals surface area contributed by atoms with E-state index in [-0.39, 0.29) is 27.8 Å². The van der Waals surface area contributed by atoms with Gasteiger partial charge < -0.3 is 15.4 Å². The number of primary amides is 1. The molecule has 1 aliphatic rings. The Labute approximate surface area is 174 Å². The van der Waals surface area contributed by atoms with Gasteiger partial charge in [-0.2, -0.15) is 0 Å². The number of aromatic hydroxyl groups is 1. The van der Waals surface area contributed by atoms with Crippen LogP contribution in [0.4, 0.5) is 4.39 Å². The fourth-order valence-electron chi connectivity index (χ4n) is 4.64. The number of nitrogens with zero attached hydrogens (tertiary/aromatic N) is 1. The average Bonchev–Trinajstić information content (AvgIpc) is 2.70. The number of phenolic OH excluding ortho intramolecular Hbond substituents is 1. The van der Waals surface area contributed by atoms with E-state index < -0.39 is 17.2 Å². The molecule has 1 heterocycles. The molecule has 1 saturated carbocycles. The number of rotatable bonds is 3. The summed E-state index contributed by atoms with van der Waals surface area (Å²) >= 11 is 0. The van der Waals surface area contributed by atoms with Crippen molar-refractivity contribution >= 4 is 16.8 Å². The van der Waals surface area contributed by atoms with Crippen LogP contribution in [0.3, 0.4) is 0 Å². The van der Waals surface area contributed by atoms with Gasteiger partial charge in [0.1, 0.15) is 17.1 Å². The molecule has 5 nitrogen and oxygen atoms in total. The second kappa shape index (κ2) is 7.27. The summed E-state index contributed by atoms with van der Waals surface area (Å²) in [7, 11) is 0. The SMILES string of the molecule is Cc1ccc2c(c1)c(=O)c(C(N)=O)cn2-c1cc(O)c(C2(C)CCCCC2)cc1F. The number of carbonyl (C=O) groups is 1. The largest absolute Gasteiger partial charge is 0.508 e. The number of aromatic nitrogens is 1. The van der Waals surface area contributed by atoms with Gasteiger partial charge in [-0.3, -0.25) is 9.59 Å². The van der Waals surface area contributed by atoms with Crippen molar-refractivity contribution in [2.24, 2.45) is 5.73 Å². The number of amides is 1. The summed E-state index contributed by atoms with van der Waals surface area (Å²) < 4.78 is 16.8. The maximum atomic E-state index is 15.4. The van der Waals surface area contributed by atoms with Crippen molar-refractivity contribution in [2.75, 3.05) is 0 Å². The Morgan fingerprint density at radius 3 is 2.53 bits per heavy atom. The van der Waals surface area contributed by atoms with E-state index in [0.29, 0.717) is 11.1 Å². The zero-order valence-corrected chi connectivity index (χ0v) is 17.2. The van der Waals surface area contributed by atoms with Crippen LogP contribution in [0, 0.1) is 12.7 Å².